The lowest BCUT2D eigenvalue weighted by atomic mass is 10.2. The van der Waals surface area contributed by atoms with Crippen LogP contribution in [0, 0.1) is 11.3 Å². The Hall–Kier alpha value is -4.41. The molecule has 1 amide bonds. The first-order chi connectivity index (χ1) is 16.6. The largest absolute Gasteiger partial charge is 0.494 e. The molecule has 0 fully saturated rings. The van der Waals surface area contributed by atoms with E-state index in [1.54, 1.807) is 54.6 Å². The van der Waals surface area contributed by atoms with Gasteiger partial charge in [-0.15, -0.1) is 11.3 Å². The van der Waals surface area contributed by atoms with E-state index in [9.17, 15) is 14.9 Å². The number of nitriles is 1. The topological polar surface area (TPSA) is 84.1 Å². The van der Waals surface area contributed by atoms with Crippen molar-refractivity contribution in [3.63, 3.8) is 0 Å². The van der Waals surface area contributed by atoms with Gasteiger partial charge in [-0.2, -0.15) is 5.26 Å². The third-order valence-electron chi connectivity index (χ3n) is 4.91. The fourth-order valence-electron chi connectivity index (χ4n) is 3.35. The van der Waals surface area contributed by atoms with Gasteiger partial charge in [0.25, 0.3) is 11.5 Å². The molecule has 4 rings (SSSR count). The minimum absolute atomic E-state index is 0.146. The number of amides is 1. The van der Waals surface area contributed by atoms with E-state index in [0.29, 0.717) is 28.3 Å². The first-order valence-corrected chi connectivity index (χ1v) is 11.4. The predicted octanol–water partition coefficient (Wildman–Crippen LogP) is 3.44. The standard InChI is InChI=1S/C27H21N3O3S/c1-2-33-22-15-13-20(14-16-22)29-25(31)23(18-28)27-30(21-11-7-4-8-12-21)26(32)24(34-27)17-19-9-5-3-6-10-19/h3-17H,2H2,1H3,(H,29,31). The Bertz CT molecular complexity index is 1510. The van der Waals surface area contributed by atoms with Gasteiger partial charge < -0.3 is 10.1 Å². The second kappa shape index (κ2) is 10.5. The van der Waals surface area contributed by atoms with Crippen LogP contribution in [-0.4, -0.2) is 17.1 Å². The summed E-state index contributed by atoms with van der Waals surface area (Å²) < 4.78 is 7.53. The van der Waals surface area contributed by atoms with Crippen LogP contribution in [0.15, 0.2) is 89.7 Å². The van der Waals surface area contributed by atoms with Crippen LogP contribution in [0.2, 0.25) is 0 Å². The van der Waals surface area contributed by atoms with Gasteiger partial charge in [-0.3, -0.25) is 14.2 Å². The highest BCUT2D eigenvalue weighted by Crippen LogP contribution is 2.16. The number of hydrogen-bond acceptors (Lipinski definition) is 5. The summed E-state index contributed by atoms with van der Waals surface area (Å²) in [5, 5.41) is 12.7. The maximum absolute atomic E-state index is 13.4. The molecule has 0 spiro atoms. The van der Waals surface area contributed by atoms with Crippen molar-refractivity contribution in [1.82, 2.24) is 4.57 Å². The monoisotopic (exact) mass is 467 g/mol. The molecule has 0 saturated heterocycles. The van der Waals surface area contributed by atoms with E-state index in [1.807, 2.05) is 49.4 Å². The van der Waals surface area contributed by atoms with E-state index in [4.69, 9.17) is 4.74 Å². The maximum Gasteiger partial charge on any atom is 0.273 e. The third-order valence-corrected chi connectivity index (χ3v) is 6.00. The summed E-state index contributed by atoms with van der Waals surface area (Å²) in [6.45, 7) is 2.43. The lowest BCUT2D eigenvalue weighted by molar-refractivity contribution is -0.111. The molecule has 0 atom stereocenters. The Morgan fingerprint density at radius 1 is 1.03 bits per heavy atom. The molecule has 4 aromatic rings. The van der Waals surface area contributed by atoms with Gasteiger partial charge in [0.1, 0.15) is 16.5 Å². The number of para-hydroxylation sites is 1. The number of ether oxygens (including phenoxy) is 1. The number of benzene rings is 3. The Labute approximate surface area is 200 Å². The third kappa shape index (κ3) is 4.98. The van der Waals surface area contributed by atoms with Crippen LogP contribution < -0.4 is 24.8 Å². The number of hydrogen-bond donors (Lipinski definition) is 1. The summed E-state index contributed by atoms with van der Waals surface area (Å²) in [6, 6.07) is 27.3. The van der Waals surface area contributed by atoms with Gasteiger partial charge in [-0.1, -0.05) is 48.5 Å². The average Bonchev–Trinajstić information content (AvgIpc) is 3.17. The Morgan fingerprint density at radius 2 is 1.68 bits per heavy atom. The summed E-state index contributed by atoms with van der Waals surface area (Å²) in [7, 11) is 0. The van der Waals surface area contributed by atoms with E-state index >= 15 is 0 Å². The van der Waals surface area contributed by atoms with E-state index in [2.05, 4.69) is 5.32 Å². The van der Waals surface area contributed by atoms with Gasteiger partial charge in [0.05, 0.1) is 16.8 Å². The molecule has 0 saturated carbocycles. The summed E-state index contributed by atoms with van der Waals surface area (Å²) >= 11 is 1.11. The van der Waals surface area contributed by atoms with Gasteiger partial charge in [-0.25, -0.2) is 0 Å². The molecule has 168 valence electrons. The fourth-order valence-corrected chi connectivity index (χ4v) is 4.45. The van der Waals surface area contributed by atoms with Crippen molar-refractivity contribution in [2.45, 2.75) is 6.92 Å². The average molecular weight is 468 g/mol. The van der Waals surface area contributed by atoms with E-state index < -0.39 is 5.91 Å². The van der Waals surface area contributed by atoms with E-state index in [0.717, 1.165) is 16.9 Å². The number of nitrogens with zero attached hydrogens (tertiary/aromatic N) is 2. The fraction of sp³-hybridized carbons (Fsp3) is 0.0741. The second-order valence-corrected chi connectivity index (χ2v) is 8.23. The molecule has 6 nitrogen and oxygen atoms in total. The number of aromatic nitrogens is 1. The van der Waals surface area contributed by atoms with Crippen molar-refractivity contribution in [2.24, 2.45) is 0 Å². The quantitative estimate of drug-likeness (QED) is 0.471. The molecule has 3 aromatic carbocycles. The Kier molecular flexibility index (Phi) is 7.01. The van der Waals surface area contributed by atoms with Crippen molar-refractivity contribution >= 4 is 34.6 Å². The minimum atomic E-state index is -0.594. The summed E-state index contributed by atoms with van der Waals surface area (Å²) in [4.78, 5) is 26.5. The van der Waals surface area contributed by atoms with Gasteiger partial charge in [0.15, 0.2) is 5.57 Å². The van der Waals surface area contributed by atoms with Gasteiger partial charge >= 0.3 is 0 Å². The van der Waals surface area contributed by atoms with E-state index in [-0.39, 0.29) is 15.8 Å². The molecule has 0 aliphatic rings. The molecule has 0 bridgehead atoms. The molecule has 0 aliphatic heterocycles. The highest BCUT2D eigenvalue weighted by molar-refractivity contribution is 7.07. The lowest BCUT2D eigenvalue weighted by Crippen LogP contribution is -2.32. The summed E-state index contributed by atoms with van der Waals surface area (Å²) in [5.41, 5.74) is 1.50. The van der Waals surface area contributed by atoms with Crippen LogP contribution in [0.3, 0.4) is 0 Å². The molecule has 7 heteroatoms. The molecule has 0 radical (unpaired) electrons. The number of nitrogens with one attached hydrogen (secondary N) is 1. The first-order valence-electron chi connectivity index (χ1n) is 10.6. The molecule has 1 heterocycles. The van der Waals surface area contributed by atoms with Crippen LogP contribution in [0.1, 0.15) is 12.5 Å². The van der Waals surface area contributed by atoms with Crippen molar-refractivity contribution in [3.05, 3.63) is 110 Å². The van der Waals surface area contributed by atoms with Crippen LogP contribution in [0.4, 0.5) is 5.69 Å². The normalized spacial score (nSPS) is 12.1. The van der Waals surface area contributed by atoms with Gasteiger partial charge in [0.2, 0.25) is 0 Å². The van der Waals surface area contributed by atoms with Crippen molar-refractivity contribution < 1.29 is 9.53 Å². The molecule has 0 aliphatic carbocycles. The first kappa shape index (κ1) is 22.8. The molecule has 0 unspecified atom stereocenters. The summed E-state index contributed by atoms with van der Waals surface area (Å²) in [6.07, 6.45) is 1.76. The maximum atomic E-state index is 13.4. The molecule has 34 heavy (non-hydrogen) atoms. The number of anilines is 1. The SMILES string of the molecule is CCOc1ccc(NC(=O)C(C#N)=c2sc(=Cc3ccccc3)c(=O)n2-c2ccccc2)cc1. The molecule has 1 N–H and O–H groups in total. The van der Waals surface area contributed by atoms with Crippen LogP contribution >= 0.6 is 11.3 Å². The number of thiazole rings is 1. The van der Waals surface area contributed by atoms with Crippen molar-refractivity contribution in [2.75, 3.05) is 11.9 Å². The Morgan fingerprint density at radius 3 is 2.29 bits per heavy atom. The van der Waals surface area contributed by atoms with E-state index in [1.165, 1.54) is 4.57 Å². The smallest absolute Gasteiger partial charge is 0.273 e. The minimum Gasteiger partial charge on any atom is -0.494 e. The predicted molar refractivity (Wildman–Crippen MR) is 134 cm³/mol. The van der Waals surface area contributed by atoms with Gasteiger partial charge in [0, 0.05) is 5.69 Å². The van der Waals surface area contributed by atoms with Crippen molar-refractivity contribution in [1.29, 1.82) is 5.26 Å². The van der Waals surface area contributed by atoms with Crippen LogP contribution in [0.25, 0.3) is 17.3 Å². The zero-order valence-corrected chi connectivity index (χ0v) is 19.2. The van der Waals surface area contributed by atoms with Crippen molar-refractivity contribution in [3.8, 4) is 17.5 Å². The van der Waals surface area contributed by atoms with Crippen LogP contribution in [0.5, 0.6) is 5.75 Å². The molecular weight excluding hydrogens is 446 g/mol. The summed E-state index contributed by atoms with van der Waals surface area (Å²) in [5.74, 6) is 0.0890. The number of carbonyl (C=O) groups is 1. The second-order valence-electron chi connectivity index (χ2n) is 7.20. The molecule has 1 aromatic heterocycles. The zero-order chi connectivity index (χ0) is 23.9. The highest BCUT2D eigenvalue weighted by Gasteiger charge is 2.17. The number of carbonyl (C=O) groups excluding carboxylic acids is 1. The highest BCUT2D eigenvalue weighted by atomic mass is 32.1. The number of rotatable bonds is 6. The lowest BCUT2D eigenvalue weighted by Gasteiger charge is -2.07. The zero-order valence-electron chi connectivity index (χ0n) is 18.4. The van der Waals surface area contributed by atoms with Crippen LogP contribution in [-0.2, 0) is 4.79 Å². The molecular formula is C27H21N3O3S. The van der Waals surface area contributed by atoms with Gasteiger partial charge in [-0.05, 0) is 55.0 Å². The Balaban J connectivity index is 1.86.